The van der Waals surface area contributed by atoms with Gasteiger partial charge in [-0.15, -0.1) is 0 Å². The normalized spacial score (nSPS) is 23.7. The maximum atomic E-state index is 11.6. The summed E-state index contributed by atoms with van der Waals surface area (Å²) >= 11 is 0. The molecule has 0 aromatic rings. The fourth-order valence-electron chi connectivity index (χ4n) is 2.14. The first-order valence-corrected chi connectivity index (χ1v) is 10.6. The molecule has 1 fully saturated rings. The Balaban J connectivity index is 2.18. The van der Waals surface area contributed by atoms with E-state index in [0.29, 0.717) is 19.4 Å². The van der Waals surface area contributed by atoms with E-state index in [-0.39, 0.29) is 18.1 Å². The lowest BCUT2D eigenvalue weighted by molar-refractivity contribution is -0.142. The third kappa shape index (κ3) is 6.61. The van der Waals surface area contributed by atoms with E-state index >= 15 is 0 Å². The number of hydrogen-bond acceptors (Lipinski definition) is 3. The van der Waals surface area contributed by atoms with Crippen molar-refractivity contribution < 1.29 is 19.4 Å². The first kappa shape index (κ1) is 16.0. The maximum absolute atomic E-state index is 11.6. The monoisotopic (exact) mass is 287 g/mol. The zero-order valence-corrected chi connectivity index (χ0v) is 13.1. The van der Waals surface area contributed by atoms with Gasteiger partial charge in [0, 0.05) is 14.1 Å². The second-order valence-electron chi connectivity index (χ2n) is 6.48. The number of rotatable bonds is 5. The predicted octanol–water partition coefficient (Wildman–Crippen LogP) is 2.69. The Morgan fingerprint density at radius 1 is 1.21 bits per heavy atom. The topological polar surface area (TPSA) is 75.6 Å². The van der Waals surface area contributed by atoms with Gasteiger partial charge in [0.15, 0.2) is 0 Å². The summed E-state index contributed by atoms with van der Waals surface area (Å²) in [6.45, 7) is 7.19. The van der Waals surface area contributed by atoms with Crippen molar-refractivity contribution in [2.75, 3.05) is 6.61 Å². The summed E-state index contributed by atoms with van der Waals surface area (Å²) in [5, 5.41) is 11.7. The molecule has 0 aromatic heterocycles. The van der Waals surface area contributed by atoms with Crippen LogP contribution in [-0.4, -0.2) is 37.9 Å². The van der Waals surface area contributed by atoms with Crippen molar-refractivity contribution in [3.63, 3.8) is 0 Å². The fraction of sp³-hybridized carbons (Fsp3) is 0.846. The lowest BCUT2D eigenvalue weighted by Gasteiger charge is -2.26. The van der Waals surface area contributed by atoms with E-state index in [1.54, 1.807) is 0 Å². The summed E-state index contributed by atoms with van der Waals surface area (Å²) in [4.78, 5) is 22.4. The Bertz CT molecular complexity index is 319. The number of amides is 1. The van der Waals surface area contributed by atoms with Crippen LogP contribution in [0, 0.1) is 5.92 Å². The van der Waals surface area contributed by atoms with Crippen molar-refractivity contribution in [2.24, 2.45) is 5.92 Å². The summed E-state index contributed by atoms with van der Waals surface area (Å²) in [5.74, 6) is -0.975. The molecule has 0 saturated heterocycles. The van der Waals surface area contributed by atoms with Crippen molar-refractivity contribution in [1.82, 2.24) is 5.32 Å². The molecule has 1 aliphatic rings. The van der Waals surface area contributed by atoms with Crippen molar-refractivity contribution in [3.8, 4) is 0 Å². The SMILES string of the molecule is C[Si](C)(C)CCOC(=O)NC1CCC(C(=O)O)CC1. The second kappa shape index (κ2) is 6.93. The van der Waals surface area contributed by atoms with Crippen molar-refractivity contribution in [1.29, 1.82) is 0 Å². The van der Waals surface area contributed by atoms with E-state index in [2.05, 4.69) is 25.0 Å². The third-order valence-corrected chi connectivity index (χ3v) is 5.19. The third-order valence-electron chi connectivity index (χ3n) is 3.48. The van der Waals surface area contributed by atoms with Gasteiger partial charge < -0.3 is 15.2 Å². The van der Waals surface area contributed by atoms with E-state index in [1.165, 1.54) is 0 Å². The smallest absolute Gasteiger partial charge is 0.407 e. The number of carboxylic acids is 1. The highest BCUT2D eigenvalue weighted by Crippen LogP contribution is 2.24. The minimum Gasteiger partial charge on any atom is -0.481 e. The molecule has 0 aromatic carbocycles. The van der Waals surface area contributed by atoms with Crippen molar-refractivity contribution in [3.05, 3.63) is 0 Å². The van der Waals surface area contributed by atoms with Crippen LogP contribution in [0.1, 0.15) is 25.7 Å². The van der Waals surface area contributed by atoms with Gasteiger partial charge in [-0.1, -0.05) is 19.6 Å². The van der Waals surface area contributed by atoms with Gasteiger partial charge >= 0.3 is 12.1 Å². The van der Waals surface area contributed by atoms with Crippen molar-refractivity contribution >= 4 is 20.1 Å². The summed E-state index contributed by atoms with van der Waals surface area (Å²) in [5.41, 5.74) is 0. The summed E-state index contributed by atoms with van der Waals surface area (Å²) in [6, 6.07) is 1.03. The van der Waals surface area contributed by atoms with Crippen LogP contribution >= 0.6 is 0 Å². The zero-order valence-electron chi connectivity index (χ0n) is 12.1. The molecule has 0 heterocycles. The average molecular weight is 287 g/mol. The lowest BCUT2D eigenvalue weighted by Crippen LogP contribution is -2.39. The van der Waals surface area contributed by atoms with Crippen LogP contribution in [0.2, 0.25) is 25.7 Å². The highest BCUT2D eigenvalue weighted by molar-refractivity contribution is 6.76. The Morgan fingerprint density at radius 3 is 2.26 bits per heavy atom. The lowest BCUT2D eigenvalue weighted by atomic mass is 9.86. The van der Waals surface area contributed by atoms with Gasteiger partial charge in [0.2, 0.25) is 0 Å². The molecule has 2 N–H and O–H groups in total. The van der Waals surface area contributed by atoms with E-state index < -0.39 is 14.0 Å². The van der Waals surface area contributed by atoms with Gasteiger partial charge in [0.25, 0.3) is 0 Å². The van der Waals surface area contributed by atoms with Crippen molar-refractivity contribution in [2.45, 2.75) is 57.4 Å². The Hall–Kier alpha value is -1.04. The van der Waals surface area contributed by atoms with Crippen LogP contribution in [0.25, 0.3) is 0 Å². The van der Waals surface area contributed by atoms with Gasteiger partial charge in [0.1, 0.15) is 0 Å². The Kier molecular flexibility index (Phi) is 5.84. The molecular formula is C13H25NO4Si. The molecule has 1 saturated carbocycles. The van der Waals surface area contributed by atoms with Gasteiger partial charge in [0.05, 0.1) is 12.5 Å². The maximum Gasteiger partial charge on any atom is 0.407 e. The molecule has 1 aliphatic carbocycles. The standard InChI is InChI=1S/C13H25NO4Si/c1-19(2,3)9-8-18-13(17)14-11-6-4-10(5-7-11)12(15)16/h10-11H,4-9H2,1-3H3,(H,14,17)(H,15,16). The van der Waals surface area contributed by atoms with Gasteiger partial charge in [-0.3, -0.25) is 4.79 Å². The number of carboxylic acid groups (broad SMARTS) is 1. The molecule has 19 heavy (non-hydrogen) atoms. The summed E-state index contributed by atoms with van der Waals surface area (Å²) in [7, 11) is -1.17. The summed E-state index contributed by atoms with van der Waals surface area (Å²) in [6.07, 6.45) is 2.35. The van der Waals surface area contributed by atoms with Gasteiger partial charge in [-0.05, 0) is 31.7 Å². The minimum atomic E-state index is -1.17. The summed E-state index contributed by atoms with van der Waals surface area (Å²) < 4.78 is 5.16. The number of alkyl carbamates (subject to hydrolysis) is 1. The molecular weight excluding hydrogens is 262 g/mol. The van der Waals surface area contributed by atoms with Crippen LogP contribution < -0.4 is 5.32 Å². The quantitative estimate of drug-likeness (QED) is 0.762. The molecule has 0 radical (unpaired) electrons. The number of nitrogens with one attached hydrogen (secondary N) is 1. The van der Waals surface area contributed by atoms with E-state index in [1.807, 2.05) is 0 Å². The Labute approximate surface area is 115 Å². The van der Waals surface area contributed by atoms with Gasteiger partial charge in [-0.2, -0.15) is 0 Å². The van der Waals surface area contributed by atoms with Gasteiger partial charge in [-0.25, -0.2) is 4.79 Å². The molecule has 6 heteroatoms. The molecule has 1 amide bonds. The van der Waals surface area contributed by atoms with Crippen LogP contribution in [0.4, 0.5) is 4.79 Å². The molecule has 110 valence electrons. The highest BCUT2D eigenvalue weighted by atomic mass is 28.3. The van der Waals surface area contributed by atoms with Crippen LogP contribution in [0.3, 0.4) is 0 Å². The number of ether oxygens (including phenoxy) is 1. The fourth-order valence-corrected chi connectivity index (χ4v) is 2.86. The van der Waals surface area contributed by atoms with Crippen LogP contribution in [0.15, 0.2) is 0 Å². The molecule has 1 rings (SSSR count). The first-order chi connectivity index (χ1) is 8.78. The number of carbonyl (C=O) groups excluding carboxylic acids is 1. The molecule has 5 nitrogen and oxygen atoms in total. The molecule has 0 spiro atoms. The average Bonchev–Trinajstić information content (AvgIpc) is 2.27. The molecule has 0 atom stereocenters. The zero-order chi connectivity index (χ0) is 14.5. The van der Waals surface area contributed by atoms with E-state index in [0.717, 1.165) is 18.9 Å². The largest absolute Gasteiger partial charge is 0.481 e. The predicted molar refractivity (Wildman–Crippen MR) is 76.0 cm³/mol. The highest BCUT2D eigenvalue weighted by Gasteiger charge is 2.27. The molecule has 0 aliphatic heterocycles. The van der Waals surface area contributed by atoms with Crippen LogP contribution in [0.5, 0.6) is 0 Å². The van der Waals surface area contributed by atoms with Crippen LogP contribution in [-0.2, 0) is 9.53 Å². The second-order valence-corrected chi connectivity index (χ2v) is 12.1. The van der Waals surface area contributed by atoms with E-state index in [9.17, 15) is 9.59 Å². The number of hydrogen-bond donors (Lipinski definition) is 2. The molecule has 0 unspecified atom stereocenters. The minimum absolute atomic E-state index is 0.0648. The Morgan fingerprint density at radius 2 is 1.79 bits per heavy atom. The van der Waals surface area contributed by atoms with E-state index in [4.69, 9.17) is 9.84 Å². The number of carbonyl (C=O) groups is 2. The first-order valence-electron chi connectivity index (χ1n) is 6.94. The number of aliphatic carboxylic acids is 1. The molecule has 0 bridgehead atoms.